The van der Waals surface area contributed by atoms with Crippen LogP contribution in [-0.2, 0) is 15.0 Å². The van der Waals surface area contributed by atoms with Crippen molar-refractivity contribution in [1.82, 2.24) is 0 Å². The van der Waals surface area contributed by atoms with E-state index in [9.17, 15) is 12.3 Å². The summed E-state index contributed by atoms with van der Waals surface area (Å²) in [7, 11) is -3.36. The van der Waals surface area contributed by atoms with Gasteiger partial charge in [0.15, 0.2) is 6.79 Å². The summed E-state index contributed by atoms with van der Waals surface area (Å²) in [6.45, 7) is -0.00193. The molecule has 0 saturated carbocycles. The van der Waals surface area contributed by atoms with Gasteiger partial charge in [-0.15, -0.1) is 3.89 Å². The van der Waals surface area contributed by atoms with Crippen molar-refractivity contribution in [3.8, 4) is 5.75 Å². The van der Waals surface area contributed by atoms with Gasteiger partial charge in [0, 0.05) is 13.2 Å². The molecule has 7 heteroatoms. The van der Waals surface area contributed by atoms with Crippen LogP contribution in [0.2, 0.25) is 5.02 Å². The molecule has 0 heterocycles. The van der Waals surface area contributed by atoms with Gasteiger partial charge in [-0.1, -0.05) is 11.6 Å². The molecule has 0 spiro atoms. The monoisotopic (exact) mass is 254 g/mol. The van der Waals surface area contributed by atoms with Gasteiger partial charge in [0.1, 0.15) is 10.6 Å². The molecular weight excluding hydrogens is 247 g/mol. The summed E-state index contributed by atoms with van der Waals surface area (Å²) >= 11 is 5.55. The Morgan fingerprint density at radius 2 is 2.13 bits per heavy atom. The molecule has 84 valence electrons. The number of hydrogen-bond donors (Lipinski definition) is 0. The maximum atomic E-state index is 12.6. The summed E-state index contributed by atoms with van der Waals surface area (Å²) in [5, 5.41) is -0.230. The third-order valence-corrected chi connectivity index (χ3v) is 2.82. The number of rotatable bonds is 4. The normalized spacial score (nSPS) is 11.4. The molecule has 0 aromatic heterocycles. The van der Waals surface area contributed by atoms with Crippen LogP contribution >= 0.6 is 11.6 Å². The zero-order valence-corrected chi connectivity index (χ0v) is 9.31. The van der Waals surface area contributed by atoms with Gasteiger partial charge >= 0.3 is 10.2 Å². The smallest absolute Gasteiger partial charge is 0.333 e. The lowest BCUT2D eigenvalue weighted by Gasteiger charge is -2.05. The highest BCUT2D eigenvalue weighted by Gasteiger charge is 2.16. The molecule has 0 aliphatic heterocycles. The van der Waals surface area contributed by atoms with Crippen molar-refractivity contribution in [2.75, 3.05) is 13.9 Å². The zero-order chi connectivity index (χ0) is 11.5. The van der Waals surface area contributed by atoms with Gasteiger partial charge in [-0.2, -0.15) is 8.42 Å². The number of methoxy groups -OCH3 is 1. The average Bonchev–Trinajstić information content (AvgIpc) is 2.12. The quantitative estimate of drug-likeness (QED) is 0.609. The van der Waals surface area contributed by atoms with Crippen LogP contribution in [0.25, 0.3) is 0 Å². The molecule has 0 fully saturated rings. The third kappa shape index (κ3) is 3.33. The van der Waals surface area contributed by atoms with E-state index in [1.54, 1.807) is 0 Å². The zero-order valence-electron chi connectivity index (χ0n) is 7.74. The van der Waals surface area contributed by atoms with Crippen LogP contribution in [0.5, 0.6) is 5.75 Å². The van der Waals surface area contributed by atoms with Crippen molar-refractivity contribution in [3.63, 3.8) is 0 Å². The molecule has 0 unspecified atom stereocenters. The Labute approximate surface area is 91.8 Å². The molecule has 4 nitrogen and oxygen atoms in total. The van der Waals surface area contributed by atoms with Crippen molar-refractivity contribution < 1.29 is 21.8 Å². The summed E-state index contributed by atoms with van der Waals surface area (Å²) in [6.07, 6.45) is 0. The molecule has 1 rings (SSSR count). The molecular formula is C8H8ClFO4S. The first-order valence-electron chi connectivity index (χ1n) is 3.81. The second-order valence-corrected chi connectivity index (χ2v) is 4.30. The fourth-order valence-corrected chi connectivity index (χ4v) is 1.87. The van der Waals surface area contributed by atoms with Crippen LogP contribution in [-0.4, -0.2) is 22.3 Å². The molecule has 1 aromatic carbocycles. The second-order valence-electron chi connectivity index (χ2n) is 2.58. The predicted octanol–water partition coefficient (Wildman–Crippen LogP) is 1.98. The van der Waals surface area contributed by atoms with Gasteiger partial charge in [0.05, 0.1) is 5.02 Å². The molecule has 0 bridgehead atoms. The molecule has 0 aliphatic rings. The number of hydrogen-bond acceptors (Lipinski definition) is 4. The average molecular weight is 255 g/mol. The van der Waals surface area contributed by atoms with Crippen molar-refractivity contribution in [2.45, 2.75) is 4.90 Å². The van der Waals surface area contributed by atoms with Gasteiger partial charge in [-0.05, 0) is 12.1 Å². The summed E-state index contributed by atoms with van der Waals surface area (Å²) in [6, 6.07) is 3.52. The van der Waals surface area contributed by atoms with E-state index in [0.29, 0.717) is 5.75 Å². The molecule has 0 aliphatic carbocycles. The van der Waals surface area contributed by atoms with E-state index in [1.807, 2.05) is 0 Å². The topological polar surface area (TPSA) is 52.6 Å². The Bertz CT molecular complexity index is 446. The maximum absolute atomic E-state index is 12.6. The number of halogens is 2. The lowest BCUT2D eigenvalue weighted by molar-refractivity contribution is 0.0511. The van der Waals surface area contributed by atoms with E-state index >= 15 is 0 Å². The van der Waals surface area contributed by atoms with Crippen molar-refractivity contribution in [2.24, 2.45) is 0 Å². The summed E-state index contributed by atoms with van der Waals surface area (Å²) in [5.74, 6) is 0.300. The highest BCUT2D eigenvalue weighted by Crippen LogP contribution is 2.27. The van der Waals surface area contributed by atoms with E-state index in [4.69, 9.17) is 16.3 Å². The van der Waals surface area contributed by atoms with Crippen molar-refractivity contribution in [1.29, 1.82) is 0 Å². The lowest BCUT2D eigenvalue weighted by atomic mass is 10.3. The molecule has 0 saturated heterocycles. The summed E-state index contributed by atoms with van der Waals surface area (Å²) in [4.78, 5) is -0.575. The third-order valence-electron chi connectivity index (χ3n) is 1.51. The van der Waals surface area contributed by atoms with E-state index in [-0.39, 0.29) is 11.8 Å². The minimum atomic E-state index is -4.79. The largest absolute Gasteiger partial charge is 0.468 e. The molecule has 0 N–H and O–H groups in total. The first-order chi connectivity index (χ1) is 6.95. The highest BCUT2D eigenvalue weighted by atomic mass is 35.5. The van der Waals surface area contributed by atoms with E-state index in [1.165, 1.54) is 19.2 Å². The van der Waals surface area contributed by atoms with Crippen LogP contribution in [0.4, 0.5) is 3.89 Å². The number of benzene rings is 1. The molecule has 15 heavy (non-hydrogen) atoms. The predicted molar refractivity (Wildman–Crippen MR) is 52.2 cm³/mol. The Balaban J connectivity index is 2.99. The summed E-state index contributed by atoms with van der Waals surface area (Å²) in [5.41, 5.74) is 0. The standard InChI is InChI=1S/C8H8ClFO4S/c1-13-5-14-6-2-3-8(7(9)4-6)15(10,11)12/h2-4H,5H2,1H3. The van der Waals surface area contributed by atoms with Crippen LogP contribution in [0.15, 0.2) is 23.1 Å². The van der Waals surface area contributed by atoms with E-state index in [0.717, 1.165) is 6.07 Å². The van der Waals surface area contributed by atoms with Gasteiger partial charge < -0.3 is 9.47 Å². The van der Waals surface area contributed by atoms with E-state index in [2.05, 4.69) is 4.74 Å². The number of ether oxygens (including phenoxy) is 2. The SMILES string of the molecule is COCOc1ccc(S(=O)(=O)F)c(Cl)c1. The minimum Gasteiger partial charge on any atom is -0.468 e. The molecule has 0 radical (unpaired) electrons. The van der Waals surface area contributed by atoms with Crippen molar-refractivity contribution >= 4 is 21.8 Å². The molecule has 1 aromatic rings. The van der Waals surface area contributed by atoms with E-state index < -0.39 is 15.1 Å². The fourth-order valence-electron chi connectivity index (χ4n) is 0.896. The van der Waals surface area contributed by atoms with Gasteiger partial charge in [-0.25, -0.2) is 0 Å². The maximum Gasteiger partial charge on any atom is 0.333 e. The lowest BCUT2D eigenvalue weighted by Crippen LogP contribution is -2.00. The van der Waals surface area contributed by atoms with Crippen LogP contribution < -0.4 is 4.74 Å². The van der Waals surface area contributed by atoms with Crippen LogP contribution in [0, 0.1) is 0 Å². The first-order valence-corrected chi connectivity index (χ1v) is 5.57. The van der Waals surface area contributed by atoms with Crippen molar-refractivity contribution in [3.05, 3.63) is 23.2 Å². The highest BCUT2D eigenvalue weighted by molar-refractivity contribution is 7.86. The molecule has 0 atom stereocenters. The van der Waals surface area contributed by atoms with Gasteiger partial charge in [0.2, 0.25) is 0 Å². The van der Waals surface area contributed by atoms with Gasteiger partial charge in [-0.3, -0.25) is 0 Å². The Kier molecular flexibility index (Phi) is 3.90. The Morgan fingerprint density at radius 1 is 1.47 bits per heavy atom. The minimum absolute atomic E-state index is 0.00193. The summed E-state index contributed by atoms with van der Waals surface area (Å²) < 4.78 is 43.3. The molecule has 0 amide bonds. The van der Waals surface area contributed by atoms with Crippen LogP contribution in [0.3, 0.4) is 0 Å². The second kappa shape index (κ2) is 4.78. The first kappa shape index (κ1) is 12.2. The van der Waals surface area contributed by atoms with Crippen LogP contribution in [0.1, 0.15) is 0 Å². The van der Waals surface area contributed by atoms with Gasteiger partial charge in [0.25, 0.3) is 0 Å². The fraction of sp³-hybridized carbons (Fsp3) is 0.250. The Hall–Kier alpha value is -0.850. The Morgan fingerprint density at radius 3 is 2.60 bits per heavy atom.